The third-order valence-electron chi connectivity index (χ3n) is 5.06. The molecule has 2 N–H and O–H groups in total. The number of fused-ring (bicyclic) bond motifs is 2. The molecule has 0 amide bonds. The normalized spacial score (nSPS) is 18.1. The number of hydrogen-bond donors (Lipinski definition) is 2. The van der Waals surface area contributed by atoms with Crippen molar-refractivity contribution in [2.45, 2.75) is 18.8 Å². The molecular weight excluding hydrogens is 336 g/mol. The first-order valence-electron chi connectivity index (χ1n) is 8.26. The second-order valence-electron chi connectivity index (χ2n) is 6.46. The Balaban J connectivity index is 1.69. The molecule has 2 aliphatic rings. The lowest BCUT2D eigenvalue weighted by Crippen LogP contribution is -2.21. The number of hydrogen-bond acceptors (Lipinski definition) is 4. The van der Waals surface area contributed by atoms with Crippen LogP contribution in [0.1, 0.15) is 39.6 Å². The van der Waals surface area contributed by atoms with Gasteiger partial charge in [0.25, 0.3) is 0 Å². The second kappa shape index (κ2) is 5.43. The Morgan fingerprint density at radius 3 is 2.92 bits per heavy atom. The van der Waals surface area contributed by atoms with Gasteiger partial charge in [0.1, 0.15) is 11.4 Å². The molecule has 0 saturated carbocycles. The molecular formula is C19H15ClN4O. The zero-order valence-corrected chi connectivity index (χ0v) is 14.1. The molecule has 0 saturated heterocycles. The number of aromatic amines is 1. The van der Waals surface area contributed by atoms with Gasteiger partial charge in [-0.3, -0.25) is 4.99 Å². The summed E-state index contributed by atoms with van der Waals surface area (Å²) in [5, 5.41) is 18.6. The van der Waals surface area contributed by atoms with Crippen molar-refractivity contribution in [1.82, 2.24) is 15.2 Å². The van der Waals surface area contributed by atoms with Crippen LogP contribution in [-0.2, 0) is 12.8 Å². The summed E-state index contributed by atoms with van der Waals surface area (Å²) in [5.74, 6) is 0.210. The molecule has 0 radical (unpaired) electrons. The Hall–Kier alpha value is -2.66. The molecule has 2 aromatic heterocycles. The van der Waals surface area contributed by atoms with Gasteiger partial charge in [0.05, 0.1) is 12.3 Å². The lowest BCUT2D eigenvalue weighted by Gasteiger charge is -2.23. The summed E-state index contributed by atoms with van der Waals surface area (Å²) >= 11 is 6.39. The quantitative estimate of drug-likeness (QED) is 0.707. The van der Waals surface area contributed by atoms with Gasteiger partial charge in [0.15, 0.2) is 0 Å². The van der Waals surface area contributed by atoms with Gasteiger partial charge in [0, 0.05) is 34.6 Å². The third-order valence-corrected chi connectivity index (χ3v) is 5.39. The van der Waals surface area contributed by atoms with Crippen LogP contribution in [0.25, 0.3) is 0 Å². The molecule has 1 unspecified atom stereocenters. The zero-order valence-electron chi connectivity index (χ0n) is 13.3. The average Bonchev–Trinajstić information content (AvgIpc) is 2.97. The van der Waals surface area contributed by atoms with E-state index in [0.717, 1.165) is 41.1 Å². The monoisotopic (exact) mass is 350 g/mol. The van der Waals surface area contributed by atoms with Crippen molar-refractivity contribution in [3.8, 4) is 5.75 Å². The van der Waals surface area contributed by atoms with Gasteiger partial charge < -0.3 is 10.1 Å². The molecule has 1 aliphatic heterocycles. The fraction of sp³-hybridized carbons (Fsp3) is 0.211. The van der Waals surface area contributed by atoms with Crippen LogP contribution in [0.5, 0.6) is 5.75 Å². The van der Waals surface area contributed by atoms with Crippen molar-refractivity contribution >= 4 is 17.3 Å². The van der Waals surface area contributed by atoms with Crippen molar-refractivity contribution in [3.05, 3.63) is 75.3 Å². The molecule has 3 heterocycles. The maximum absolute atomic E-state index is 9.64. The van der Waals surface area contributed by atoms with Crippen LogP contribution in [0.3, 0.4) is 0 Å². The number of aromatic nitrogens is 3. The standard InChI is InChI=1S/C19H15ClN4O/c20-15-7-12(25)3-4-13(15)14-9-22-19-16-11(8-21-18(14)16)2-1-10-5-6-23-24-17(10)19/h3-8,14,21,25H,1-2,9H2. The van der Waals surface area contributed by atoms with E-state index in [1.807, 2.05) is 12.1 Å². The predicted octanol–water partition coefficient (Wildman–Crippen LogP) is 3.25. The molecule has 1 atom stereocenters. The van der Waals surface area contributed by atoms with Crippen LogP contribution < -0.4 is 0 Å². The van der Waals surface area contributed by atoms with E-state index >= 15 is 0 Å². The highest BCUT2D eigenvalue weighted by Crippen LogP contribution is 2.39. The number of halogens is 1. The van der Waals surface area contributed by atoms with Gasteiger partial charge in [-0.05, 0) is 47.7 Å². The topological polar surface area (TPSA) is 74.2 Å². The zero-order chi connectivity index (χ0) is 17.0. The second-order valence-corrected chi connectivity index (χ2v) is 6.86. The number of aromatic hydroxyl groups is 1. The summed E-state index contributed by atoms with van der Waals surface area (Å²) in [5.41, 5.74) is 7.49. The Kier molecular flexibility index (Phi) is 3.18. The van der Waals surface area contributed by atoms with Crippen molar-refractivity contribution in [2.24, 2.45) is 4.99 Å². The van der Waals surface area contributed by atoms with Crippen LogP contribution in [0.15, 0.2) is 41.7 Å². The van der Waals surface area contributed by atoms with E-state index in [4.69, 9.17) is 16.6 Å². The van der Waals surface area contributed by atoms with Crippen molar-refractivity contribution in [1.29, 1.82) is 0 Å². The maximum atomic E-state index is 9.64. The molecule has 5 rings (SSSR count). The first-order chi connectivity index (χ1) is 12.2. The number of rotatable bonds is 1. The molecule has 0 bridgehead atoms. The number of phenols is 1. The van der Waals surface area contributed by atoms with E-state index in [0.29, 0.717) is 11.6 Å². The maximum Gasteiger partial charge on any atom is 0.117 e. The van der Waals surface area contributed by atoms with E-state index < -0.39 is 0 Å². The van der Waals surface area contributed by atoms with Gasteiger partial charge in [-0.1, -0.05) is 17.7 Å². The Bertz CT molecular complexity index is 1020. The molecule has 0 fully saturated rings. The first kappa shape index (κ1) is 14.7. The molecule has 5 nitrogen and oxygen atoms in total. The van der Waals surface area contributed by atoms with Gasteiger partial charge in [0.2, 0.25) is 0 Å². The highest BCUT2D eigenvalue weighted by atomic mass is 35.5. The largest absolute Gasteiger partial charge is 0.508 e. The van der Waals surface area contributed by atoms with Crippen LogP contribution in [0, 0.1) is 0 Å². The summed E-state index contributed by atoms with van der Waals surface area (Å²) in [7, 11) is 0. The van der Waals surface area contributed by atoms with Crippen molar-refractivity contribution in [2.75, 3.05) is 6.54 Å². The smallest absolute Gasteiger partial charge is 0.117 e. The fourth-order valence-corrected chi connectivity index (χ4v) is 4.17. The molecule has 3 aromatic rings. The highest BCUT2D eigenvalue weighted by Gasteiger charge is 2.33. The van der Waals surface area contributed by atoms with Gasteiger partial charge >= 0.3 is 0 Å². The van der Waals surface area contributed by atoms with Gasteiger partial charge in [-0.15, -0.1) is 5.10 Å². The number of aliphatic imine (C=N–C) groups is 1. The highest BCUT2D eigenvalue weighted by molar-refractivity contribution is 6.31. The van der Waals surface area contributed by atoms with E-state index in [2.05, 4.69) is 21.4 Å². The van der Waals surface area contributed by atoms with Crippen LogP contribution >= 0.6 is 11.6 Å². The molecule has 25 heavy (non-hydrogen) atoms. The summed E-state index contributed by atoms with van der Waals surface area (Å²) in [6, 6.07) is 7.16. The third kappa shape index (κ3) is 2.19. The molecule has 1 aromatic carbocycles. The minimum Gasteiger partial charge on any atom is -0.508 e. The molecule has 1 aliphatic carbocycles. The molecule has 0 spiro atoms. The lowest BCUT2D eigenvalue weighted by molar-refractivity contribution is 0.475. The fourth-order valence-electron chi connectivity index (χ4n) is 3.86. The van der Waals surface area contributed by atoms with Crippen molar-refractivity contribution in [3.63, 3.8) is 0 Å². The first-order valence-corrected chi connectivity index (χ1v) is 8.64. The van der Waals surface area contributed by atoms with Gasteiger partial charge in [-0.25, -0.2) is 0 Å². The summed E-state index contributed by atoms with van der Waals surface area (Å²) in [4.78, 5) is 8.32. The van der Waals surface area contributed by atoms with Crippen LogP contribution in [0.2, 0.25) is 5.02 Å². The Morgan fingerprint density at radius 2 is 2.04 bits per heavy atom. The number of phenolic OH excluding ortho intramolecular Hbond substituents is 1. The number of H-pyrrole nitrogens is 1. The summed E-state index contributed by atoms with van der Waals surface area (Å²) in [6.45, 7) is 0.586. The molecule has 6 heteroatoms. The van der Waals surface area contributed by atoms with Crippen molar-refractivity contribution < 1.29 is 5.11 Å². The number of nitrogens with one attached hydrogen (secondary N) is 1. The number of aryl methyl sites for hydroxylation is 2. The van der Waals surface area contributed by atoms with Gasteiger partial charge in [-0.2, -0.15) is 5.10 Å². The Labute approximate surface area is 149 Å². The molecule has 124 valence electrons. The van der Waals surface area contributed by atoms with E-state index in [9.17, 15) is 5.11 Å². The minimum atomic E-state index is 0.0406. The summed E-state index contributed by atoms with van der Waals surface area (Å²) in [6.07, 6.45) is 5.69. The lowest BCUT2D eigenvalue weighted by atomic mass is 9.87. The Morgan fingerprint density at radius 1 is 1.16 bits per heavy atom. The van der Waals surface area contributed by atoms with Crippen LogP contribution in [0.4, 0.5) is 0 Å². The van der Waals surface area contributed by atoms with E-state index in [1.165, 1.54) is 11.1 Å². The number of benzene rings is 1. The van der Waals surface area contributed by atoms with Crippen LogP contribution in [-0.4, -0.2) is 32.5 Å². The average molecular weight is 351 g/mol. The SMILES string of the molecule is Oc1ccc(C2CN=C3c4nnccc4CCc4c[nH]c2c43)c(Cl)c1. The summed E-state index contributed by atoms with van der Waals surface area (Å²) < 4.78 is 0. The van der Waals surface area contributed by atoms with E-state index in [1.54, 1.807) is 18.3 Å². The predicted molar refractivity (Wildman–Crippen MR) is 95.7 cm³/mol. The minimum absolute atomic E-state index is 0.0406. The van der Waals surface area contributed by atoms with E-state index in [-0.39, 0.29) is 11.7 Å². The number of nitrogens with zero attached hydrogens (tertiary/aromatic N) is 3.